The number of benzene rings is 2. The number of nitrogens with one attached hydrogen (secondary N) is 1. The molecule has 0 aliphatic rings. The van der Waals surface area contributed by atoms with Gasteiger partial charge >= 0.3 is 0 Å². The van der Waals surface area contributed by atoms with Crippen molar-refractivity contribution in [3.05, 3.63) is 65.2 Å². The van der Waals surface area contributed by atoms with Gasteiger partial charge in [-0.3, -0.25) is 4.79 Å². The van der Waals surface area contributed by atoms with Gasteiger partial charge in [-0.2, -0.15) is 0 Å². The normalized spacial score (nSPS) is 12.0. The fourth-order valence-corrected chi connectivity index (χ4v) is 3.87. The maximum absolute atomic E-state index is 12.4. The zero-order valence-corrected chi connectivity index (χ0v) is 17.5. The van der Waals surface area contributed by atoms with Crippen LogP contribution in [0.1, 0.15) is 19.4 Å². The van der Waals surface area contributed by atoms with E-state index in [1.54, 1.807) is 0 Å². The maximum atomic E-state index is 12.4. The molecule has 0 spiro atoms. The number of hydrogen-bond acceptors (Lipinski definition) is 4. The van der Waals surface area contributed by atoms with Gasteiger partial charge in [-0.15, -0.1) is 10.2 Å². The minimum atomic E-state index is -0.261. The van der Waals surface area contributed by atoms with E-state index in [0.717, 1.165) is 29.5 Å². The van der Waals surface area contributed by atoms with Crippen molar-refractivity contribution in [3.8, 4) is 11.4 Å². The van der Waals surface area contributed by atoms with Gasteiger partial charge in [-0.25, -0.2) is 0 Å². The number of aromatic nitrogens is 3. The summed E-state index contributed by atoms with van der Waals surface area (Å²) in [5.74, 6) is 0.776. The van der Waals surface area contributed by atoms with E-state index in [-0.39, 0.29) is 11.2 Å². The van der Waals surface area contributed by atoms with E-state index in [4.69, 9.17) is 11.6 Å². The summed E-state index contributed by atoms with van der Waals surface area (Å²) < 4.78 is 2.02. The second-order valence-corrected chi connectivity index (χ2v) is 8.09. The number of carbonyl (C=O) groups is 1. The molecule has 7 heteroatoms. The molecular weight excluding hydrogens is 392 g/mol. The van der Waals surface area contributed by atoms with Gasteiger partial charge in [0.2, 0.25) is 5.91 Å². The van der Waals surface area contributed by atoms with E-state index >= 15 is 0 Å². The number of halogens is 1. The van der Waals surface area contributed by atoms with Crippen LogP contribution in [0.3, 0.4) is 0 Å². The molecule has 1 atom stereocenters. The molecule has 28 heavy (non-hydrogen) atoms. The van der Waals surface area contributed by atoms with Crippen LogP contribution in [0, 0.1) is 0 Å². The molecule has 1 N–H and O–H groups in total. The van der Waals surface area contributed by atoms with Crippen LogP contribution in [-0.2, 0) is 17.8 Å². The van der Waals surface area contributed by atoms with Crippen molar-refractivity contribution in [3.63, 3.8) is 0 Å². The standard InChI is InChI=1S/C21H23ClN4OS/c1-3-26-19(17-9-11-18(22)12-10-17)24-25-21(26)28-15(2)20(27)23-14-13-16-7-5-4-6-8-16/h4-12,15H,3,13-14H2,1-2H3,(H,23,27)/t15-/m0/s1. The molecule has 1 aromatic heterocycles. The number of amides is 1. The van der Waals surface area contributed by atoms with Gasteiger partial charge in [0.05, 0.1) is 5.25 Å². The summed E-state index contributed by atoms with van der Waals surface area (Å²) in [4.78, 5) is 12.4. The van der Waals surface area contributed by atoms with Gasteiger partial charge in [-0.1, -0.05) is 53.7 Å². The van der Waals surface area contributed by atoms with Crippen LogP contribution in [0.15, 0.2) is 59.8 Å². The predicted octanol–water partition coefficient (Wildman–Crippen LogP) is 4.46. The highest BCUT2D eigenvalue weighted by Crippen LogP contribution is 2.27. The van der Waals surface area contributed by atoms with E-state index in [9.17, 15) is 4.79 Å². The predicted molar refractivity (Wildman–Crippen MR) is 115 cm³/mol. The third-order valence-electron chi connectivity index (χ3n) is 4.34. The zero-order valence-electron chi connectivity index (χ0n) is 15.9. The first-order valence-electron chi connectivity index (χ1n) is 9.26. The minimum absolute atomic E-state index is 0.000345. The molecule has 146 valence electrons. The number of rotatable bonds is 8. The monoisotopic (exact) mass is 414 g/mol. The average molecular weight is 415 g/mol. The highest BCUT2D eigenvalue weighted by atomic mass is 35.5. The quantitative estimate of drug-likeness (QED) is 0.553. The Balaban J connectivity index is 1.61. The van der Waals surface area contributed by atoms with Gasteiger partial charge in [-0.05, 0) is 50.1 Å². The highest BCUT2D eigenvalue weighted by molar-refractivity contribution is 8.00. The van der Waals surface area contributed by atoms with Crippen molar-refractivity contribution in [1.82, 2.24) is 20.1 Å². The van der Waals surface area contributed by atoms with Crippen LogP contribution < -0.4 is 5.32 Å². The van der Waals surface area contributed by atoms with Crippen molar-refractivity contribution < 1.29 is 4.79 Å². The van der Waals surface area contributed by atoms with E-state index in [1.807, 2.05) is 60.9 Å². The Hall–Kier alpha value is -2.31. The second kappa shape index (κ2) is 9.75. The van der Waals surface area contributed by atoms with Crippen LogP contribution in [0.25, 0.3) is 11.4 Å². The molecule has 0 fully saturated rings. The molecule has 3 rings (SSSR count). The molecule has 0 radical (unpaired) electrons. The van der Waals surface area contributed by atoms with Gasteiger partial charge < -0.3 is 9.88 Å². The summed E-state index contributed by atoms with van der Waals surface area (Å²) >= 11 is 7.39. The highest BCUT2D eigenvalue weighted by Gasteiger charge is 2.20. The first kappa shape index (κ1) is 20.4. The largest absolute Gasteiger partial charge is 0.355 e. The Morgan fingerprint density at radius 1 is 1.14 bits per heavy atom. The van der Waals surface area contributed by atoms with Crippen molar-refractivity contribution in [2.45, 2.75) is 37.2 Å². The number of nitrogens with zero attached hydrogens (tertiary/aromatic N) is 3. The summed E-state index contributed by atoms with van der Waals surface area (Å²) in [6.45, 7) is 5.26. The molecule has 3 aromatic rings. The van der Waals surface area contributed by atoms with Crippen LogP contribution in [0.2, 0.25) is 5.02 Å². The Morgan fingerprint density at radius 2 is 1.86 bits per heavy atom. The molecule has 1 amide bonds. The molecular formula is C21H23ClN4OS. The van der Waals surface area contributed by atoms with Crippen molar-refractivity contribution in [1.29, 1.82) is 0 Å². The summed E-state index contributed by atoms with van der Waals surface area (Å²) in [5, 5.41) is 12.8. The van der Waals surface area contributed by atoms with Gasteiger partial charge in [0.1, 0.15) is 0 Å². The number of hydrogen-bond donors (Lipinski definition) is 1. The zero-order chi connectivity index (χ0) is 19.9. The molecule has 5 nitrogen and oxygen atoms in total. The minimum Gasteiger partial charge on any atom is -0.355 e. The second-order valence-electron chi connectivity index (χ2n) is 6.34. The van der Waals surface area contributed by atoms with Crippen LogP contribution >= 0.6 is 23.4 Å². The molecule has 0 aliphatic heterocycles. The molecule has 0 unspecified atom stereocenters. The summed E-state index contributed by atoms with van der Waals surface area (Å²) in [5.41, 5.74) is 2.16. The topological polar surface area (TPSA) is 59.8 Å². The van der Waals surface area contributed by atoms with Crippen LogP contribution in [-0.4, -0.2) is 32.5 Å². The van der Waals surface area contributed by atoms with Crippen LogP contribution in [0.5, 0.6) is 0 Å². The first-order chi connectivity index (χ1) is 13.6. The molecule has 2 aromatic carbocycles. The Bertz CT molecular complexity index is 912. The van der Waals surface area contributed by atoms with Gasteiger partial charge in [0, 0.05) is 23.7 Å². The fourth-order valence-electron chi connectivity index (χ4n) is 2.80. The summed E-state index contributed by atoms with van der Waals surface area (Å²) in [6, 6.07) is 17.6. The Labute approximate surface area is 174 Å². The lowest BCUT2D eigenvalue weighted by Gasteiger charge is -2.13. The summed E-state index contributed by atoms with van der Waals surface area (Å²) in [7, 11) is 0. The average Bonchev–Trinajstić information content (AvgIpc) is 3.11. The van der Waals surface area contributed by atoms with E-state index in [1.165, 1.54) is 17.3 Å². The molecule has 0 saturated carbocycles. The lowest BCUT2D eigenvalue weighted by molar-refractivity contribution is -0.120. The van der Waals surface area contributed by atoms with E-state index in [2.05, 4.69) is 27.6 Å². The number of thioether (sulfide) groups is 1. The fraction of sp³-hybridized carbons (Fsp3) is 0.286. The maximum Gasteiger partial charge on any atom is 0.233 e. The molecule has 0 saturated heterocycles. The van der Waals surface area contributed by atoms with Gasteiger partial charge in [0.15, 0.2) is 11.0 Å². The van der Waals surface area contributed by atoms with E-state index < -0.39 is 0 Å². The van der Waals surface area contributed by atoms with Gasteiger partial charge in [0.25, 0.3) is 0 Å². The van der Waals surface area contributed by atoms with E-state index in [0.29, 0.717) is 11.6 Å². The third kappa shape index (κ3) is 5.14. The molecule has 0 aliphatic carbocycles. The Kier molecular flexibility index (Phi) is 7.12. The molecule has 0 bridgehead atoms. The van der Waals surface area contributed by atoms with Crippen molar-refractivity contribution in [2.75, 3.05) is 6.54 Å². The lowest BCUT2D eigenvalue weighted by Crippen LogP contribution is -2.32. The van der Waals surface area contributed by atoms with Crippen molar-refractivity contribution in [2.24, 2.45) is 0 Å². The first-order valence-corrected chi connectivity index (χ1v) is 10.5. The number of carbonyl (C=O) groups excluding carboxylic acids is 1. The lowest BCUT2D eigenvalue weighted by atomic mass is 10.1. The summed E-state index contributed by atoms with van der Waals surface area (Å²) in [6.07, 6.45) is 0.815. The third-order valence-corrected chi connectivity index (χ3v) is 5.68. The van der Waals surface area contributed by atoms with Crippen molar-refractivity contribution >= 4 is 29.3 Å². The van der Waals surface area contributed by atoms with Crippen LogP contribution in [0.4, 0.5) is 0 Å². The smallest absolute Gasteiger partial charge is 0.233 e. The molecule has 1 heterocycles. The Morgan fingerprint density at radius 3 is 2.54 bits per heavy atom. The SMILES string of the molecule is CCn1c(S[C@@H](C)C(=O)NCCc2ccccc2)nnc1-c1ccc(Cl)cc1.